The summed E-state index contributed by atoms with van der Waals surface area (Å²) in [6.45, 7) is 6.65. The van der Waals surface area contributed by atoms with Crippen LogP contribution in [-0.4, -0.2) is 24.7 Å². The molecule has 3 aromatic heterocycles. The van der Waals surface area contributed by atoms with E-state index < -0.39 is 0 Å². The predicted molar refractivity (Wildman–Crippen MR) is 103 cm³/mol. The van der Waals surface area contributed by atoms with Crippen molar-refractivity contribution >= 4 is 0 Å². The first-order valence-electron chi connectivity index (χ1n) is 9.14. The van der Waals surface area contributed by atoms with Gasteiger partial charge in [0, 0.05) is 17.2 Å². The van der Waals surface area contributed by atoms with Gasteiger partial charge in [0.1, 0.15) is 17.3 Å². The minimum atomic E-state index is 0.241. The van der Waals surface area contributed by atoms with E-state index in [1.54, 1.807) is 0 Å². The largest absolute Gasteiger partial charge is 0.466 e. The van der Waals surface area contributed by atoms with Gasteiger partial charge in [-0.05, 0) is 32.4 Å². The van der Waals surface area contributed by atoms with Gasteiger partial charge in [0.2, 0.25) is 0 Å². The Balaban J connectivity index is 1.70. The molecular formula is C21H23N5O. The Bertz CT molecular complexity index is 1030. The van der Waals surface area contributed by atoms with Gasteiger partial charge in [-0.3, -0.25) is 5.10 Å². The van der Waals surface area contributed by atoms with Gasteiger partial charge in [-0.15, -0.1) is 0 Å². The summed E-state index contributed by atoms with van der Waals surface area (Å²) in [5.74, 6) is 3.74. The van der Waals surface area contributed by atoms with E-state index in [0.717, 1.165) is 46.5 Å². The van der Waals surface area contributed by atoms with E-state index in [4.69, 9.17) is 9.40 Å². The van der Waals surface area contributed by atoms with Crippen molar-refractivity contribution in [2.45, 2.75) is 39.7 Å². The molecule has 1 N–H and O–H groups in total. The summed E-state index contributed by atoms with van der Waals surface area (Å²) in [4.78, 5) is 9.14. The highest BCUT2D eigenvalue weighted by atomic mass is 16.3. The first-order chi connectivity index (χ1) is 13.1. The number of imidazole rings is 1. The van der Waals surface area contributed by atoms with E-state index in [0.29, 0.717) is 6.54 Å². The first-order valence-corrected chi connectivity index (χ1v) is 9.14. The van der Waals surface area contributed by atoms with Crippen molar-refractivity contribution in [3.8, 4) is 11.3 Å². The van der Waals surface area contributed by atoms with Gasteiger partial charge in [-0.1, -0.05) is 37.3 Å². The smallest absolute Gasteiger partial charge is 0.170 e. The van der Waals surface area contributed by atoms with Gasteiger partial charge >= 0.3 is 0 Å². The monoisotopic (exact) mass is 361 g/mol. The summed E-state index contributed by atoms with van der Waals surface area (Å²) in [5.41, 5.74) is 3.27. The van der Waals surface area contributed by atoms with Gasteiger partial charge in [0.15, 0.2) is 5.82 Å². The van der Waals surface area contributed by atoms with Gasteiger partial charge in [0.25, 0.3) is 0 Å². The molecule has 1 unspecified atom stereocenters. The standard InChI is InChI=1S/C21H23N5O/c1-14(19-10-9-15(2)27-19)11-18-21(17-7-5-4-6-8-17)22-13-26(18)12-20-23-16(3)24-25-20/h4-10,13-14H,11-12H2,1-3H3,(H,23,24,25). The van der Waals surface area contributed by atoms with Crippen LogP contribution in [0.1, 0.15) is 41.7 Å². The molecule has 0 aliphatic carbocycles. The molecule has 0 aliphatic rings. The average molecular weight is 361 g/mol. The van der Waals surface area contributed by atoms with Crippen LogP contribution in [-0.2, 0) is 13.0 Å². The molecule has 138 valence electrons. The molecule has 6 nitrogen and oxygen atoms in total. The van der Waals surface area contributed by atoms with E-state index in [2.05, 4.69) is 44.9 Å². The molecule has 0 bridgehead atoms. The van der Waals surface area contributed by atoms with E-state index in [9.17, 15) is 0 Å². The van der Waals surface area contributed by atoms with Crippen molar-refractivity contribution < 1.29 is 4.42 Å². The Morgan fingerprint density at radius 3 is 2.59 bits per heavy atom. The lowest BCUT2D eigenvalue weighted by molar-refractivity contribution is 0.448. The Morgan fingerprint density at radius 1 is 1.11 bits per heavy atom. The average Bonchev–Trinajstić information content (AvgIpc) is 3.38. The number of benzene rings is 1. The second kappa shape index (κ2) is 7.23. The normalized spacial score (nSPS) is 12.4. The number of hydrogen-bond donors (Lipinski definition) is 1. The third kappa shape index (κ3) is 3.69. The number of hydrogen-bond acceptors (Lipinski definition) is 4. The van der Waals surface area contributed by atoms with E-state index in [1.165, 1.54) is 0 Å². The van der Waals surface area contributed by atoms with Crippen LogP contribution in [0.15, 0.2) is 53.2 Å². The van der Waals surface area contributed by atoms with Crippen molar-refractivity contribution in [3.05, 3.63) is 77.7 Å². The first kappa shape index (κ1) is 17.3. The van der Waals surface area contributed by atoms with Crippen LogP contribution < -0.4 is 0 Å². The fourth-order valence-electron chi connectivity index (χ4n) is 3.32. The molecule has 4 rings (SSSR count). The quantitative estimate of drug-likeness (QED) is 0.556. The number of aryl methyl sites for hydroxylation is 2. The highest BCUT2D eigenvalue weighted by Gasteiger charge is 2.19. The fourth-order valence-corrected chi connectivity index (χ4v) is 3.32. The Hall–Kier alpha value is -3.15. The molecule has 0 aliphatic heterocycles. The van der Waals surface area contributed by atoms with Crippen molar-refractivity contribution in [3.63, 3.8) is 0 Å². The fraction of sp³-hybridized carbons (Fsp3) is 0.286. The molecule has 0 fully saturated rings. The lowest BCUT2D eigenvalue weighted by Gasteiger charge is -2.13. The molecule has 1 atom stereocenters. The minimum absolute atomic E-state index is 0.241. The number of aromatic nitrogens is 5. The zero-order chi connectivity index (χ0) is 18.8. The Kier molecular flexibility index (Phi) is 4.62. The molecule has 0 saturated carbocycles. The zero-order valence-corrected chi connectivity index (χ0v) is 15.8. The second-order valence-corrected chi connectivity index (χ2v) is 6.92. The molecule has 0 saturated heterocycles. The third-order valence-corrected chi connectivity index (χ3v) is 4.70. The summed E-state index contributed by atoms with van der Waals surface area (Å²) in [6, 6.07) is 14.3. The molecule has 3 heterocycles. The lowest BCUT2D eigenvalue weighted by atomic mass is 9.99. The Morgan fingerprint density at radius 2 is 1.93 bits per heavy atom. The summed E-state index contributed by atoms with van der Waals surface area (Å²) in [5, 5.41) is 7.18. The number of aromatic amines is 1. The van der Waals surface area contributed by atoms with Crippen molar-refractivity contribution in [2.24, 2.45) is 0 Å². The van der Waals surface area contributed by atoms with Crippen molar-refractivity contribution in [1.82, 2.24) is 24.7 Å². The maximum atomic E-state index is 5.84. The van der Waals surface area contributed by atoms with Crippen LogP contribution in [0.4, 0.5) is 0 Å². The molecular weight excluding hydrogens is 338 g/mol. The second-order valence-electron chi connectivity index (χ2n) is 6.92. The molecule has 1 aromatic carbocycles. The van der Waals surface area contributed by atoms with Crippen LogP contribution >= 0.6 is 0 Å². The van der Waals surface area contributed by atoms with Crippen LogP contribution in [0.2, 0.25) is 0 Å². The highest BCUT2D eigenvalue weighted by molar-refractivity contribution is 5.62. The van der Waals surface area contributed by atoms with Gasteiger partial charge < -0.3 is 8.98 Å². The topological polar surface area (TPSA) is 72.5 Å². The number of furan rings is 1. The summed E-state index contributed by atoms with van der Waals surface area (Å²) in [7, 11) is 0. The summed E-state index contributed by atoms with van der Waals surface area (Å²) in [6.07, 6.45) is 2.70. The highest BCUT2D eigenvalue weighted by Crippen LogP contribution is 2.29. The maximum Gasteiger partial charge on any atom is 0.170 e. The summed E-state index contributed by atoms with van der Waals surface area (Å²) < 4.78 is 7.98. The number of H-pyrrole nitrogens is 1. The van der Waals surface area contributed by atoms with Crippen molar-refractivity contribution in [2.75, 3.05) is 0 Å². The van der Waals surface area contributed by atoms with E-state index >= 15 is 0 Å². The van der Waals surface area contributed by atoms with Crippen LogP contribution in [0.25, 0.3) is 11.3 Å². The van der Waals surface area contributed by atoms with Crippen LogP contribution in [0.5, 0.6) is 0 Å². The third-order valence-electron chi connectivity index (χ3n) is 4.70. The molecule has 27 heavy (non-hydrogen) atoms. The van der Waals surface area contributed by atoms with Crippen LogP contribution in [0, 0.1) is 13.8 Å². The van der Waals surface area contributed by atoms with Crippen LogP contribution in [0.3, 0.4) is 0 Å². The minimum Gasteiger partial charge on any atom is -0.466 e. The lowest BCUT2D eigenvalue weighted by Crippen LogP contribution is -2.09. The SMILES string of the molecule is Cc1nc(Cn2cnc(-c3ccccc3)c2CC(C)c2ccc(C)o2)n[nH]1. The zero-order valence-electron chi connectivity index (χ0n) is 15.8. The van der Waals surface area contributed by atoms with Gasteiger partial charge in [-0.25, -0.2) is 9.97 Å². The van der Waals surface area contributed by atoms with Crippen molar-refractivity contribution in [1.29, 1.82) is 0 Å². The van der Waals surface area contributed by atoms with Gasteiger partial charge in [0.05, 0.1) is 18.6 Å². The molecule has 0 amide bonds. The Labute approximate surface area is 158 Å². The molecule has 6 heteroatoms. The van der Waals surface area contributed by atoms with Gasteiger partial charge in [-0.2, -0.15) is 5.10 Å². The predicted octanol–water partition coefficient (Wildman–Crippen LogP) is 4.27. The summed E-state index contributed by atoms with van der Waals surface area (Å²) >= 11 is 0. The van der Waals surface area contributed by atoms with E-state index in [1.807, 2.05) is 44.4 Å². The van der Waals surface area contributed by atoms with E-state index in [-0.39, 0.29) is 5.92 Å². The number of rotatable bonds is 6. The molecule has 4 aromatic rings. The number of nitrogens with zero attached hydrogens (tertiary/aromatic N) is 4. The molecule has 0 spiro atoms. The maximum absolute atomic E-state index is 5.84. The molecule has 0 radical (unpaired) electrons. The number of nitrogens with one attached hydrogen (secondary N) is 1.